The molecular formula is C18H22N6O2S2. The second-order valence-corrected chi connectivity index (χ2v) is 8.76. The highest BCUT2D eigenvalue weighted by Gasteiger charge is 2.25. The fraction of sp³-hybridized carbons (Fsp3) is 0.444. The monoisotopic (exact) mass is 418 g/mol. The van der Waals surface area contributed by atoms with E-state index in [2.05, 4.69) is 19.2 Å². The number of primary amides is 1. The molecule has 0 aromatic carbocycles. The van der Waals surface area contributed by atoms with Crippen molar-refractivity contribution in [2.45, 2.75) is 26.4 Å². The Hall–Kier alpha value is -2.30. The number of carbonyl (C=O) groups is 1. The topological polar surface area (TPSA) is 120 Å². The number of nitrogens with two attached hydrogens (primary N) is 2. The maximum absolute atomic E-state index is 11.7. The Bertz CT molecular complexity index is 1000. The number of ether oxygens (including phenoxy) is 1. The lowest BCUT2D eigenvalue weighted by Crippen LogP contribution is -2.37. The van der Waals surface area contributed by atoms with Crippen LogP contribution >= 0.6 is 22.9 Å². The first-order chi connectivity index (χ1) is 13.5. The van der Waals surface area contributed by atoms with E-state index < -0.39 is 5.91 Å². The van der Waals surface area contributed by atoms with Crippen molar-refractivity contribution in [3.63, 3.8) is 0 Å². The maximum Gasteiger partial charge on any atom is 0.260 e. The molecule has 0 unspecified atom stereocenters. The summed E-state index contributed by atoms with van der Waals surface area (Å²) in [5, 5.41) is 1.73. The summed E-state index contributed by atoms with van der Waals surface area (Å²) in [6.07, 6.45) is 3.95. The summed E-state index contributed by atoms with van der Waals surface area (Å²) in [7, 11) is 0. The summed E-state index contributed by atoms with van der Waals surface area (Å²) >= 11 is 2.64. The van der Waals surface area contributed by atoms with Crippen LogP contribution in [0.2, 0.25) is 0 Å². The molecule has 1 aliphatic heterocycles. The Kier molecular flexibility index (Phi) is 5.42. The lowest BCUT2D eigenvalue weighted by molar-refractivity contribution is 0.0815. The second kappa shape index (κ2) is 7.98. The zero-order chi connectivity index (χ0) is 19.7. The summed E-state index contributed by atoms with van der Waals surface area (Å²) in [6, 6.07) is 1.96. The molecule has 10 heteroatoms. The van der Waals surface area contributed by atoms with E-state index in [1.54, 1.807) is 6.20 Å². The number of fused-ring (bicyclic) bond motifs is 1. The Morgan fingerprint density at radius 1 is 1.46 bits per heavy atom. The van der Waals surface area contributed by atoms with E-state index >= 15 is 0 Å². The van der Waals surface area contributed by atoms with E-state index in [9.17, 15) is 4.79 Å². The predicted octanol–water partition coefficient (Wildman–Crippen LogP) is 2.57. The molecule has 0 spiro atoms. The smallest absolute Gasteiger partial charge is 0.260 e. The molecule has 1 aliphatic rings. The number of hydrogen-bond donors (Lipinski definition) is 2. The van der Waals surface area contributed by atoms with E-state index in [1.165, 1.54) is 22.9 Å². The van der Waals surface area contributed by atoms with Gasteiger partial charge in [-0.3, -0.25) is 4.79 Å². The average molecular weight is 419 g/mol. The summed E-state index contributed by atoms with van der Waals surface area (Å²) in [5.41, 5.74) is 13.1. The van der Waals surface area contributed by atoms with Gasteiger partial charge in [-0.25, -0.2) is 9.97 Å². The maximum atomic E-state index is 11.7. The minimum atomic E-state index is -0.511. The molecule has 0 radical (unpaired) electrons. The number of nitrogen functional groups attached to an aromatic ring is 1. The molecular weight excluding hydrogens is 396 g/mol. The van der Waals surface area contributed by atoms with Crippen LogP contribution in [-0.4, -0.2) is 39.9 Å². The fourth-order valence-electron chi connectivity index (χ4n) is 3.61. The van der Waals surface area contributed by atoms with Crippen molar-refractivity contribution >= 4 is 50.4 Å². The first kappa shape index (κ1) is 19.0. The molecule has 8 nitrogen and oxygen atoms in total. The Morgan fingerprint density at radius 2 is 2.32 bits per heavy atom. The number of hydrogen-bond acceptors (Lipinski definition) is 9. The fourth-order valence-corrected chi connectivity index (χ4v) is 5.13. The van der Waals surface area contributed by atoms with Gasteiger partial charge in [0.2, 0.25) is 0 Å². The van der Waals surface area contributed by atoms with Gasteiger partial charge in [0, 0.05) is 19.3 Å². The Morgan fingerprint density at radius 3 is 3.07 bits per heavy atom. The number of aryl methyl sites for hydroxylation is 1. The molecule has 1 saturated heterocycles. The molecule has 0 saturated carbocycles. The molecule has 148 valence electrons. The number of anilines is 2. The highest BCUT2D eigenvalue weighted by molar-refractivity contribution is 7.21. The number of carbonyl (C=O) groups excluding carboxylic acids is 1. The Labute approximate surface area is 170 Å². The third kappa shape index (κ3) is 3.80. The standard InChI is InChI=1S/C18H22N6O2S2/c1-10-22-13(28-23-10)9-26-8-11-3-2-6-24(7-11)12-4-5-21-18-14(12)15(19)16(27-18)17(20)25/h4-5,11H,2-3,6-9,19H2,1H3,(H2,20,25)/t11-/m0/s1. The van der Waals surface area contributed by atoms with Crippen LogP contribution in [0.3, 0.4) is 0 Å². The number of pyridine rings is 1. The van der Waals surface area contributed by atoms with Gasteiger partial charge in [0.25, 0.3) is 5.91 Å². The lowest BCUT2D eigenvalue weighted by Gasteiger charge is -2.34. The number of thiophene rings is 1. The van der Waals surface area contributed by atoms with Crippen LogP contribution < -0.4 is 16.4 Å². The number of piperidine rings is 1. The zero-order valence-electron chi connectivity index (χ0n) is 15.6. The predicted molar refractivity (Wildman–Crippen MR) is 112 cm³/mol. The minimum absolute atomic E-state index is 0.374. The van der Waals surface area contributed by atoms with E-state index in [0.29, 0.717) is 29.7 Å². The summed E-state index contributed by atoms with van der Waals surface area (Å²) in [6.45, 7) is 4.87. The zero-order valence-corrected chi connectivity index (χ0v) is 17.2. The third-order valence-corrected chi connectivity index (χ3v) is 6.74. The molecule has 4 N–H and O–H groups in total. The molecule has 0 bridgehead atoms. The van der Waals surface area contributed by atoms with E-state index in [1.807, 2.05) is 13.0 Å². The minimum Gasteiger partial charge on any atom is -0.397 e. The van der Waals surface area contributed by atoms with Crippen LogP contribution in [-0.2, 0) is 11.3 Å². The van der Waals surface area contributed by atoms with Crippen LogP contribution in [0.15, 0.2) is 12.3 Å². The molecule has 28 heavy (non-hydrogen) atoms. The van der Waals surface area contributed by atoms with E-state index in [4.69, 9.17) is 16.2 Å². The van der Waals surface area contributed by atoms with Gasteiger partial charge >= 0.3 is 0 Å². The largest absolute Gasteiger partial charge is 0.397 e. The highest BCUT2D eigenvalue weighted by atomic mass is 32.1. The van der Waals surface area contributed by atoms with Gasteiger partial charge in [-0.2, -0.15) is 4.37 Å². The summed E-state index contributed by atoms with van der Waals surface area (Å²) in [4.78, 5) is 23.8. The van der Waals surface area contributed by atoms with E-state index in [-0.39, 0.29) is 0 Å². The van der Waals surface area contributed by atoms with Gasteiger partial charge in [0.15, 0.2) is 0 Å². The van der Waals surface area contributed by atoms with Gasteiger partial charge in [-0.1, -0.05) is 0 Å². The number of aromatic nitrogens is 3. The molecule has 3 aromatic heterocycles. The average Bonchev–Trinajstić information content (AvgIpc) is 3.25. The molecule has 1 amide bonds. The lowest BCUT2D eigenvalue weighted by atomic mass is 9.98. The van der Waals surface area contributed by atoms with Crippen LogP contribution in [0.25, 0.3) is 10.2 Å². The van der Waals surface area contributed by atoms with Gasteiger partial charge in [-0.05, 0) is 43.3 Å². The summed E-state index contributed by atoms with van der Waals surface area (Å²) < 4.78 is 10.1. The second-order valence-electron chi connectivity index (χ2n) is 6.92. The molecule has 3 aromatic rings. The molecule has 0 aliphatic carbocycles. The SMILES string of the molecule is Cc1nsc(COC[C@H]2CCCN(c3ccnc4sc(C(N)=O)c(N)c34)C2)n1. The Balaban J connectivity index is 1.47. The van der Waals surface area contributed by atoms with Gasteiger partial charge in [0.05, 0.1) is 23.4 Å². The van der Waals surface area contributed by atoms with Crippen molar-refractivity contribution in [3.8, 4) is 0 Å². The van der Waals surface area contributed by atoms with Crippen LogP contribution in [0.5, 0.6) is 0 Å². The van der Waals surface area contributed by atoms with Crippen molar-refractivity contribution in [2.24, 2.45) is 11.7 Å². The van der Waals surface area contributed by atoms with Gasteiger partial charge < -0.3 is 21.1 Å². The first-order valence-corrected chi connectivity index (χ1v) is 10.7. The van der Waals surface area contributed by atoms with Gasteiger partial charge in [0.1, 0.15) is 27.1 Å². The van der Waals surface area contributed by atoms with Gasteiger partial charge in [-0.15, -0.1) is 11.3 Å². The van der Waals surface area contributed by atoms with Crippen LogP contribution in [0, 0.1) is 12.8 Å². The number of nitrogens with zero attached hydrogens (tertiary/aromatic N) is 4. The normalized spacial score (nSPS) is 17.3. The van der Waals surface area contributed by atoms with Crippen molar-refractivity contribution in [1.82, 2.24) is 14.3 Å². The van der Waals surface area contributed by atoms with Crippen molar-refractivity contribution < 1.29 is 9.53 Å². The quantitative estimate of drug-likeness (QED) is 0.631. The third-order valence-electron chi connectivity index (χ3n) is 4.84. The highest BCUT2D eigenvalue weighted by Crippen LogP contribution is 2.39. The van der Waals surface area contributed by atoms with Crippen LogP contribution in [0.4, 0.5) is 11.4 Å². The number of rotatable bonds is 6. The van der Waals surface area contributed by atoms with Crippen molar-refractivity contribution in [3.05, 3.63) is 28.0 Å². The molecule has 4 rings (SSSR count). The molecule has 4 heterocycles. The van der Waals surface area contributed by atoms with Crippen LogP contribution in [0.1, 0.15) is 33.3 Å². The number of amides is 1. The molecule has 1 fully saturated rings. The van der Waals surface area contributed by atoms with Crippen molar-refractivity contribution in [2.75, 3.05) is 30.3 Å². The molecule has 1 atom stereocenters. The van der Waals surface area contributed by atoms with E-state index in [0.717, 1.165) is 52.7 Å². The first-order valence-electron chi connectivity index (χ1n) is 9.11. The van der Waals surface area contributed by atoms with Crippen molar-refractivity contribution in [1.29, 1.82) is 0 Å². The summed E-state index contributed by atoms with van der Waals surface area (Å²) in [5.74, 6) is 0.697.